The fourth-order valence-corrected chi connectivity index (χ4v) is 5.11. The Morgan fingerprint density at radius 2 is 2.14 bits per heavy atom. The van der Waals surface area contributed by atoms with Crippen molar-refractivity contribution in [2.45, 2.75) is 51.5 Å². The fraction of sp³-hybridized carbons (Fsp3) is 0.700. The second-order valence-electron chi connectivity index (χ2n) is 8.39. The highest BCUT2D eigenvalue weighted by molar-refractivity contribution is 5.80. The van der Waals surface area contributed by atoms with E-state index in [0.717, 1.165) is 50.2 Å². The van der Waals surface area contributed by atoms with Gasteiger partial charge < -0.3 is 20.2 Å². The number of amides is 2. The van der Waals surface area contributed by atoms with Crippen molar-refractivity contribution in [2.75, 3.05) is 31.1 Å². The van der Waals surface area contributed by atoms with Gasteiger partial charge in [-0.15, -0.1) is 0 Å². The van der Waals surface area contributed by atoms with Crippen LogP contribution in [0.2, 0.25) is 0 Å². The Labute approximate surface area is 165 Å². The minimum absolute atomic E-state index is 0.0440. The molecular formula is C20H29N5O3. The molecule has 28 heavy (non-hydrogen) atoms. The standard InChI is InChI=1S/C20H29N5O3/c1-2-15-9-17(22-13-21-15)24-8-4-6-16(11-24)23-19(28)25-10-14-5-3-7-20(14,12-25)18(26)27/h9,13-14,16H,2-8,10-12H2,1H3,(H,23,28)(H,26,27)/t14-,16?,20+/m0/s1. The minimum atomic E-state index is -0.746. The van der Waals surface area contributed by atoms with Crippen LogP contribution >= 0.6 is 0 Å². The predicted molar refractivity (Wildman–Crippen MR) is 104 cm³/mol. The van der Waals surface area contributed by atoms with E-state index >= 15 is 0 Å². The second-order valence-corrected chi connectivity index (χ2v) is 8.39. The molecule has 3 atom stereocenters. The van der Waals surface area contributed by atoms with E-state index in [0.29, 0.717) is 26.1 Å². The first kappa shape index (κ1) is 19.0. The summed E-state index contributed by atoms with van der Waals surface area (Å²) in [5.74, 6) is 0.253. The molecule has 1 aromatic rings. The molecule has 1 saturated carbocycles. The molecule has 4 rings (SSSR count). The first-order chi connectivity index (χ1) is 13.5. The van der Waals surface area contributed by atoms with E-state index < -0.39 is 11.4 Å². The van der Waals surface area contributed by atoms with E-state index in [1.54, 1.807) is 11.2 Å². The topological polar surface area (TPSA) is 98.7 Å². The maximum atomic E-state index is 12.8. The van der Waals surface area contributed by atoms with Crippen LogP contribution < -0.4 is 10.2 Å². The summed E-state index contributed by atoms with van der Waals surface area (Å²) in [7, 11) is 0. The van der Waals surface area contributed by atoms with Crippen LogP contribution in [0.1, 0.15) is 44.7 Å². The van der Waals surface area contributed by atoms with Crippen LogP contribution in [0.25, 0.3) is 0 Å². The van der Waals surface area contributed by atoms with Crippen molar-refractivity contribution >= 4 is 17.8 Å². The maximum Gasteiger partial charge on any atom is 0.317 e. The van der Waals surface area contributed by atoms with Gasteiger partial charge in [0.2, 0.25) is 0 Å². The van der Waals surface area contributed by atoms with Crippen molar-refractivity contribution < 1.29 is 14.7 Å². The van der Waals surface area contributed by atoms with Crippen LogP contribution in [-0.2, 0) is 11.2 Å². The van der Waals surface area contributed by atoms with Gasteiger partial charge in [0.05, 0.1) is 5.41 Å². The molecule has 2 aliphatic heterocycles. The molecule has 2 N–H and O–H groups in total. The van der Waals surface area contributed by atoms with Crippen LogP contribution in [0, 0.1) is 11.3 Å². The minimum Gasteiger partial charge on any atom is -0.481 e. The number of hydrogen-bond donors (Lipinski definition) is 2. The number of carbonyl (C=O) groups excluding carboxylic acids is 1. The summed E-state index contributed by atoms with van der Waals surface area (Å²) in [6.45, 7) is 4.59. The number of likely N-dealkylation sites (tertiary alicyclic amines) is 1. The number of carboxylic acids is 1. The Kier molecular flexibility index (Phi) is 5.12. The predicted octanol–water partition coefficient (Wildman–Crippen LogP) is 1.90. The van der Waals surface area contributed by atoms with Crippen molar-refractivity contribution in [2.24, 2.45) is 11.3 Å². The molecule has 0 radical (unpaired) electrons. The van der Waals surface area contributed by atoms with Gasteiger partial charge in [0.25, 0.3) is 0 Å². The molecule has 0 bridgehead atoms. The van der Waals surface area contributed by atoms with Crippen molar-refractivity contribution in [3.8, 4) is 0 Å². The lowest BCUT2D eigenvalue weighted by atomic mass is 9.81. The maximum absolute atomic E-state index is 12.8. The number of aromatic nitrogens is 2. The van der Waals surface area contributed by atoms with E-state index in [1.807, 2.05) is 6.07 Å². The smallest absolute Gasteiger partial charge is 0.317 e. The van der Waals surface area contributed by atoms with Gasteiger partial charge in [-0.3, -0.25) is 4.79 Å². The zero-order valence-electron chi connectivity index (χ0n) is 16.4. The molecule has 0 spiro atoms. The molecule has 1 aliphatic carbocycles. The fourth-order valence-electron chi connectivity index (χ4n) is 5.11. The third kappa shape index (κ3) is 3.40. The summed E-state index contributed by atoms with van der Waals surface area (Å²) < 4.78 is 0. The Balaban J connectivity index is 1.38. The summed E-state index contributed by atoms with van der Waals surface area (Å²) >= 11 is 0. The summed E-state index contributed by atoms with van der Waals surface area (Å²) in [5, 5.41) is 12.9. The number of piperidine rings is 1. The average Bonchev–Trinajstić information content (AvgIpc) is 3.27. The molecular weight excluding hydrogens is 358 g/mol. The Morgan fingerprint density at radius 1 is 1.29 bits per heavy atom. The Morgan fingerprint density at radius 3 is 2.89 bits per heavy atom. The van der Waals surface area contributed by atoms with Gasteiger partial charge in [-0.1, -0.05) is 13.3 Å². The highest BCUT2D eigenvalue weighted by atomic mass is 16.4. The van der Waals surface area contributed by atoms with E-state index in [-0.39, 0.29) is 18.0 Å². The lowest BCUT2D eigenvalue weighted by Crippen LogP contribution is -2.52. The van der Waals surface area contributed by atoms with Crippen molar-refractivity contribution in [3.05, 3.63) is 18.1 Å². The monoisotopic (exact) mass is 387 g/mol. The molecule has 3 aliphatic rings. The highest BCUT2D eigenvalue weighted by Crippen LogP contribution is 2.48. The van der Waals surface area contributed by atoms with Gasteiger partial charge in [0.15, 0.2) is 0 Å². The number of anilines is 1. The van der Waals surface area contributed by atoms with Crippen LogP contribution in [0.3, 0.4) is 0 Å². The number of carbonyl (C=O) groups is 2. The lowest BCUT2D eigenvalue weighted by Gasteiger charge is -2.35. The molecule has 3 fully saturated rings. The zero-order valence-corrected chi connectivity index (χ0v) is 16.4. The van der Waals surface area contributed by atoms with Crippen LogP contribution in [0.4, 0.5) is 10.6 Å². The summed E-state index contributed by atoms with van der Waals surface area (Å²) in [6, 6.07) is 1.93. The van der Waals surface area contributed by atoms with E-state index in [9.17, 15) is 14.7 Å². The normalized spacial score (nSPS) is 29.6. The largest absolute Gasteiger partial charge is 0.481 e. The third-order valence-electron chi connectivity index (χ3n) is 6.73. The molecule has 0 aromatic carbocycles. The van der Waals surface area contributed by atoms with Crippen molar-refractivity contribution in [3.63, 3.8) is 0 Å². The number of aryl methyl sites for hydroxylation is 1. The lowest BCUT2D eigenvalue weighted by molar-refractivity contribution is -0.149. The number of fused-ring (bicyclic) bond motifs is 1. The Bertz CT molecular complexity index is 757. The molecule has 2 saturated heterocycles. The van der Waals surface area contributed by atoms with E-state index in [2.05, 4.69) is 27.1 Å². The first-order valence-electron chi connectivity index (χ1n) is 10.4. The van der Waals surface area contributed by atoms with Gasteiger partial charge in [-0.2, -0.15) is 0 Å². The van der Waals surface area contributed by atoms with Crippen LogP contribution in [0.5, 0.6) is 0 Å². The highest BCUT2D eigenvalue weighted by Gasteiger charge is 2.55. The number of nitrogens with one attached hydrogen (secondary N) is 1. The van der Waals surface area contributed by atoms with Gasteiger partial charge in [-0.25, -0.2) is 14.8 Å². The molecule has 2 amide bonds. The van der Waals surface area contributed by atoms with E-state index in [1.165, 1.54) is 0 Å². The van der Waals surface area contributed by atoms with Crippen LogP contribution in [0.15, 0.2) is 12.4 Å². The Hall–Kier alpha value is -2.38. The van der Waals surface area contributed by atoms with Crippen LogP contribution in [-0.4, -0.2) is 64.2 Å². The number of hydrogen-bond acceptors (Lipinski definition) is 5. The summed E-state index contributed by atoms with van der Waals surface area (Å²) in [6.07, 6.45) is 6.91. The van der Waals surface area contributed by atoms with Gasteiger partial charge in [0, 0.05) is 44.0 Å². The van der Waals surface area contributed by atoms with Gasteiger partial charge in [0.1, 0.15) is 12.1 Å². The molecule has 8 nitrogen and oxygen atoms in total. The number of rotatable bonds is 4. The molecule has 3 heterocycles. The summed E-state index contributed by atoms with van der Waals surface area (Å²) in [5.41, 5.74) is 0.284. The molecule has 1 unspecified atom stereocenters. The number of aliphatic carboxylic acids is 1. The number of carboxylic acid groups (broad SMARTS) is 1. The van der Waals surface area contributed by atoms with Gasteiger partial charge in [-0.05, 0) is 38.0 Å². The molecule has 1 aromatic heterocycles. The number of nitrogens with zero attached hydrogens (tertiary/aromatic N) is 4. The number of urea groups is 1. The average molecular weight is 387 g/mol. The molecule has 8 heteroatoms. The first-order valence-corrected chi connectivity index (χ1v) is 10.4. The van der Waals surface area contributed by atoms with Crippen molar-refractivity contribution in [1.29, 1.82) is 0 Å². The summed E-state index contributed by atoms with van der Waals surface area (Å²) in [4.78, 5) is 37.2. The van der Waals surface area contributed by atoms with Crippen molar-refractivity contribution in [1.82, 2.24) is 20.2 Å². The second kappa shape index (κ2) is 7.56. The zero-order chi connectivity index (χ0) is 19.7. The van der Waals surface area contributed by atoms with E-state index in [4.69, 9.17) is 0 Å². The quantitative estimate of drug-likeness (QED) is 0.819. The van der Waals surface area contributed by atoms with Gasteiger partial charge >= 0.3 is 12.0 Å². The third-order valence-corrected chi connectivity index (χ3v) is 6.73. The SMILES string of the molecule is CCc1cc(N2CCCC(NC(=O)N3C[C@@H]4CCC[C@@]4(C(=O)O)C3)C2)ncn1. The molecule has 152 valence electrons.